The van der Waals surface area contributed by atoms with E-state index in [1.54, 1.807) is 29.8 Å². The molecule has 2 aromatic rings. The van der Waals surface area contributed by atoms with Crippen molar-refractivity contribution in [1.29, 1.82) is 0 Å². The van der Waals surface area contributed by atoms with Crippen molar-refractivity contribution in [2.24, 2.45) is 0 Å². The number of carbonyl (C=O) groups excluding carboxylic acids is 1. The summed E-state index contributed by atoms with van der Waals surface area (Å²) in [7, 11) is 0. The fourth-order valence-corrected chi connectivity index (χ4v) is 3.50. The molecule has 20 heavy (non-hydrogen) atoms. The average Bonchev–Trinajstić information content (AvgIpc) is 2.94. The molecule has 1 atom stereocenters. The molecule has 0 saturated carbocycles. The van der Waals surface area contributed by atoms with Gasteiger partial charge in [0.15, 0.2) is 0 Å². The Kier molecular flexibility index (Phi) is 3.78. The third kappa shape index (κ3) is 2.72. The lowest BCUT2D eigenvalue weighted by atomic mass is 9.98. The van der Waals surface area contributed by atoms with Gasteiger partial charge in [-0.15, -0.1) is 11.3 Å². The lowest BCUT2D eigenvalue weighted by molar-refractivity contribution is 0.0706. The van der Waals surface area contributed by atoms with Gasteiger partial charge in [0.1, 0.15) is 0 Å². The fraction of sp³-hybridized carbons (Fsp3) is 0.400. The maximum absolute atomic E-state index is 12.5. The van der Waals surface area contributed by atoms with Gasteiger partial charge in [-0.1, -0.05) is 0 Å². The van der Waals surface area contributed by atoms with E-state index in [2.05, 4.69) is 16.9 Å². The second-order valence-corrected chi connectivity index (χ2v) is 6.41. The molecule has 1 amide bonds. The highest BCUT2D eigenvalue weighted by Crippen LogP contribution is 2.30. The van der Waals surface area contributed by atoms with E-state index in [1.807, 2.05) is 17.2 Å². The number of aryl methyl sites for hydroxylation is 1. The molecule has 5 heteroatoms. The van der Waals surface area contributed by atoms with Crippen molar-refractivity contribution < 1.29 is 4.79 Å². The predicted molar refractivity (Wildman–Crippen MR) is 79.0 cm³/mol. The van der Waals surface area contributed by atoms with Crippen LogP contribution in [-0.2, 0) is 0 Å². The fourth-order valence-electron chi connectivity index (χ4n) is 2.60. The number of aromatic nitrogens is 2. The van der Waals surface area contributed by atoms with E-state index in [0.717, 1.165) is 30.9 Å². The van der Waals surface area contributed by atoms with E-state index in [1.165, 1.54) is 4.88 Å². The second-order valence-electron chi connectivity index (χ2n) is 5.14. The van der Waals surface area contributed by atoms with Crippen LogP contribution in [0.2, 0.25) is 0 Å². The van der Waals surface area contributed by atoms with Gasteiger partial charge < -0.3 is 4.90 Å². The summed E-state index contributed by atoms with van der Waals surface area (Å²) in [6.07, 6.45) is 7.40. The molecule has 0 bridgehead atoms. The van der Waals surface area contributed by atoms with Crippen LogP contribution in [0.3, 0.4) is 0 Å². The van der Waals surface area contributed by atoms with Gasteiger partial charge in [0.2, 0.25) is 0 Å². The van der Waals surface area contributed by atoms with Crippen LogP contribution in [-0.4, -0.2) is 33.9 Å². The normalized spacial score (nSPS) is 19.1. The van der Waals surface area contributed by atoms with E-state index < -0.39 is 0 Å². The number of hydrogen-bond donors (Lipinski definition) is 0. The van der Waals surface area contributed by atoms with Crippen LogP contribution in [0.5, 0.6) is 0 Å². The summed E-state index contributed by atoms with van der Waals surface area (Å²) in [5.41, 5.74) is 0.670. The van der Waals surface area contributed by atoms with Crippen molar-refractivity contribution in [1.82, 2.24) is 14.9 Å². The van der Waals surface area contributed by atoms with Crippen molar-refractivity contribution in [2.45, 2.75) is 25.7 Å². The molecule has 2 aromatic heterocycles. The Morgan fingerprint density at radius 2 is 2.35 bits per heavy atom. The third-order valence-corrected chi connectivity index (χ3v) is 4.68. The molecule has 1 aliphatic heterocycles. The lowest BCUT2D eigenvalue weighted by Crippen LogP contribution is -2.39. The molecule has 1 aliphatic rings. The Balaban J connectivity index is 1.74. The quantitative estimate of drug-likeness (QED) is 0.853. The first-order valence-electron chi connectivity index (χ1n) is 6.85. The first-order valence-corrected chi connectivity index (χ1v) is 7.67. The molecule has 4 nitrogen and oxygen atoms in total. The van der Waals surface area contributed by atoms with E-state index in [4.69, 9.17) is 0 Å². The molecule has 1 fully saturated rings. The minimum atomic E-state index is 0.0797. The number of hydrogen-bond acceptors (Lipinski definition) is 4. The topological polar surface area (TPSA) is 46.1 Å². The van der Waals surface area contributed by atoms with E-state index >= 15 is 0 Å². The summed E-state index contributed by atoms with van der Waals surface area (Å²) >= 11 is 1.74. The summed E-state index contributed by atoms with van der Waals surface area (Å²) in [6.45, 7) is 3.66. The SMILES string of the molecule is Cc1cnc([C@@H]2CCCN(C(=O)c3cccnc3)C2)s1. The minimum Gasteiger partial charge on any atom is -0.338 e. The number of amides is 1. The zero-order chi connectivity index (χ0) is 13.9. The van der Waals surface area contributed by atoms with Gasteiger partial charge in [0.05, 0.1) is 10.6 Å². The lowest BCUT2D eigenvalue weighted by Gasteiger charge is -2.31. The average molecular weight is 287 g/mol. The van der Waals surface area contributed by atoms with Gasteiger partial charge in [-0.05, 0) is 31.9 Å². The van der Waals surface area contributed by atoms with Crippen molar-refractivity contribution in [3.63, 3.8) is 0 Å². The molecule has 3 heterocycles. The van der Waals surface area contributed by atoms with Crippen LogP contribution in [0.1, 0.15) is 39.0 Å². The van der Waals surface area contributed by atoms with Crippen LogP contribution in [0.4, 0.5) is 0 Å². The highest BCUT2D eigenvalue weighted by molar-refractivity contribution is 7.11. The predicted octanol–water partition coefficient (Wildman–Crippen LogP) is 2.87. The highest BCUT2D eigenvalue weighted by Gasteiger charge is 2.27. The summed E-state index contributed by atoms with van der Waals surface area (Å²) in [4.78, 5) is 24.1. The van der Waals surface area contributed by atoms with Crippen molar-refractivity contribution in [2.75, 3.05) is 13.1 Å². The Hall–Kier alpha value is -1.75. The number of nitrogens with zero attached hydrogens (tertiary/aromatic N) is 3. The van der Waals surface area contributed by atoms with Crippen LogP contribution in [0.15, 0.2) is 30.7 Å². The molecular formula is C15H17N3OS. The first-order chi connectivity index (χ1) is 9.74. The molecular weight excluding hydrogens is 270 g/mol. The van der Waals surface area contributed by atoms with Gasteiger partial charge >= 0.3 is 0 Å². The molecule has 104 valence electrons. The highest BCUT2D eigenvalue weighted by atomic mass is 32.1. The Bertz CT molecular complexity index is 596. The Labute approximate surface area is 122 Å². The van der Waals surface area contributed by atoms with E-state index in [9.17, 15) is 4.79 Å². The van der Waals surface area contributed by atoms with Gasteiger partial charge in [-0.25, -0.2) is 4.98 Å². The standard InChI is InChI=1S/C15H17N3OS/c1-11-8-17-14(20-11)13-5-3-7-18(10-13)15(19)12-4-2-6-16-9-12/h2,4,6,8-9,13H,3,5,7,10H2,1H3/t13-/m1/s1. The van der Waals surface area contributed by atoms with E-state index in [0.29, 0.717) is 11.5 Å². The summed E-state index contributed by atoms with van der Waals surface area (Å²) in [5, 5.41) is 1.16. The summed E-state index contributed by atoms with van der Waals surface area (Å²) in [5.74, 6) is 0.458. The molecule has 0 N–H and O–H groups in total. The van der Waals surface area contributed by atoms with Crippen LogP contribution >= 0.6 is 11.3 Å². The van der Waals surface area contributed by atoms with Gasteiger partial charge in [-0.3, -0.25) is 9.78 Å². The van der Waals surface area contributed by atoms with Crippen molar-refractivity contribution in [3.8, 4) is 0 Å². The molecule has 0 aliphatic carbocycles. The molecule has 0 unspecified atom stereocenters. The number of likely N-dealkylation sites (tertiary alicyclic amines) is 1. The molecule has 3 rings (SSSR count). The Morgan fingerprint density at radius 1 is 1.45 bits per heavy atom. The molecule has 1 saturated heterocycles. The maximum Gasteiger partial charge on any atom is 0.255 e. The maximum atomic E-state index is 12.5. The minimum absolute atomic E-state index is 0.0797. The number of pyridine rings is 1. The van der Waals surface area contributed by atoms with Crippen LogP contribution in [0.25, 0.3) is 0 Å². The number of piperidine rings is 1. The molecule has 0 radical (unpaired) electrons. The van der Waals surface area contributed by atoms with Crippen molar-refractivity contribution in [3.05, 3.63) is 46.2 Å². The smallest absolute Gasteiger partial charge is 0.255 e. The molecule has 0 aromatic carbocycles. The second kappa shape index (κ2) is 5.71. The summed E-state index contributed by atoms with van der Waals surface area (Å²) < 4.78 is 0. The number of thiazole rings is 1. The Morgan fingerprint density at radius 3 is 3.05 bits per heavy atom. The number of rotatable bonds is 2. The van der Waals surface area contributed by atoms with Crippen molar-refractivity contribution >= 4 is 17.2 Å². The van der Waals surface area contributed by atoms with Crippen LogP contribution in [0, 0.1) is 6.92 Å². The van der Waals surface area contributed by atoms with E-state index in [-0.39, 0.29) is 5.91 Å². The zero-order valence-corrected chi connectivity index (χ0v) is 12.3. The first kappa shape index (κ1) is 13.2. The third-order valence-electron chi connectivity index (χ3n) is 3.61. The number of carbonyl (C=O) groups is 1. The van der Waals surface area contributed by atoms with Gasteiger partial charge in [0, 0.05) is 42.5 Å². The van der Waals surface area contributed by atoms with Gasteiger partial charge in [0.25, 0.3) is 5.91 Å². The largest absolute Gasteiger partial charge is 0.338 e. The van der Waals surface area contributed by atoms with Gasteiger partial charge in [-0.2, -0.15) is 0 Å². The molecule has 0 spiro atoms. The monoisotopic (exact) mass is 287 g/mol. The van der Waals surface area contributed by atoms with Crippen LogP contribution < -0.4 is 0 Å². The zero-order valence-electron chi connectivity index (χ0n) is 11.5. The summed E-state index contributed by atoms with van der Waals surface area (Å²) in [6, 6.07) is 3.63.